The summed E-state index contributed by atoms with van der Waals surface area (Å²) in [5.74, 6) is 0.871. The molecule has 1 N–H and O–H groups in total. The smallest absolute Gasteiger partial charge is 0.153 e. The average Bonchev–Trinajstić information content (AvgIpc) is 2.66. The van der Waals surface area contributed by atoms with Crippen molar-refractivity contribution >= 4 is 0 Å². The fraction of sp³-hybridized carbons (Fsp3) is 0.385. The SMILES string of the molecule is CCNCc1ccc(-n2nc(C)cc2C)nc1. The molecule has 0 aliphatic carbocycles. The Balaban J connectivity index is 2.20. The van der Waals surface area contributed by atoms with Crippen LogP contribution >= 0.6 is 0 Å². The van der Waals surface area contributed by atoms with Gasteiger partial charge in [-0.25, -0.2) is 9.67 Å². The zero-order chi connectivity index (χ0) is 12.3. The first-order valence-corrected chi connectivity index (χ1v) is 5.90. The van der Waals surface area contributed by atoms with E-state index in [-0.39, 0.29) is 0 Å². The van der Waals surface area contributed by atoms with Crippen molar-refractivity contribution in [3.8, 4) is 5.82 Å². The van der Waals surface area contributed by atoms with E-state index < -0.39 is 0 Å². The Labute approximate surface area is 102 Å². The lowest BCUT2D eigenvalue weighted by atomic mass is 10.3. The van der Waals surface area contributed by atoms with Crippen molar-refractivity contribution in [2.75, 3.05) is 6.54 Å². The van der Waals surface area contributed by atoms with Crippen molar-refractivity contribution in [3.05, 3.63) is 41.3 Å². The summed E-state index contributed by atoms with van der Waals surface area (Å²) in [5, 5.41) is 7.69. The third-order valence-electron chi connectivity index (χ3n) is 2.61. The van der Waals surface area contributed by atoms with Crippen LogP contribution in [0.15, 0.2) is 24.4 Å². The molecule has 0 fully saturated rings. The predicted molar refractivity (Wildman–Crippen MR) is 68.2 cm³/mol. The van der Waals surface area contributed by atoms with Gasteiger partial charge in [0.15, 0.2) is 5.82 Å². The maximum atomic E-state index is 4.44. The summed E-state index contributed by atoms with van der Waals surface area (Å²) in [6, 6.07) is 6.14. The van der Waals surface area contributed by atoms with Gasteiger partial charge in [-0.1, -0.05) is 13.0 Å². The van der Waals surface area contributed by atoms with Crippen LogP contribution in [0.2, 0.25) is 0 Å². The van der Waals surface area contributed by atoms with Gasteiger partial charge in [0, 0.05) is 18.4 Å². The highest BCUT2D eigenvalue weighted by molar-refractivity contribution is 5.27. The van der Waals surface area contributed by atoms with Crippen molar-refractivity contribution < 1.29 is 0 Å². The van der Waals surface area contributed by atoms with E-state index in [4.69, 9.17) is 0 Å². The third kappa shape index (κ3) is 2.71. The quantitative estimate of drug-likeness (QED) is 0.873. The minimum atomic E-state index is 0.862. The molecule has 90 valence electrons. The van der Waals surface area contributed by atoms with E-state index in [1.165, 1.54) is 5.56 Å². The van der Waals surface area contributed by atoms with Crippen LogP contribution in [0.5, 0.6) is 0 Å². The van der Waals surface area contributed by atoms with E-state index in [9.17, 15) is 0 Å². The Bertz CT molecular complexity index is 485. The van der Waals surface area contributed by atoms with Crippen molar-refractivity contribution in [2.24, 2.45) is 0 Å². The molecular formula is C13H18N4. The van der Waals surface area contributed by atoms with E-state index in [1.807, 2.05) is 36.9 Å². The average molecular weight is 230 g/mol. The Morgan fingerprint density at radius 2 is 2.12 bits per heavy atom. The topological polar surface area (TPSA) is 42.7 Å². The lowest BCUT2D eigenvalue weighted by molar-refractivity contribution is 0.721. The number of rotatable bonds is 4. The number of hydrogen-bond donors (Lipinski definition) is 1. The number of hydrogen-bond acceptors (Lipinski definition) is 3. The molecule has 0 radical (unpaired) electrons. The highest BCUT2D eigenvalue weighted by atomic mass is 15.3. The highest BCUT2D eigenvalue weighted by Crippen LogP contribution is 2.10. The first-order chi connectivity index (χ1) is 8.20. The van der Waals surface area contributed by atoms with E-state index in [0.717, 1.165) is 30.3 Å². The van der Waals surface area contributed by atoms with Gasteiger partial charge < -0.3 is 5.32 Å². The van der Waals surface area contributed by atoms with Gasteiger partial charge in [-0.2, -0.15) is 5.10 Å². The molecule has 0 unspecified atom stereocenters. The van der Waals surface area contributed by atoms with Crippen LogP contribution in [0.25, 0.3) is 5.82 Å². The Morgan fingerprint density at radius 3 is 2.65 bits per heavy atom. The summed E-state index contributed by atoms with van der Waals surface area (Å²) >= 11 is 0. The number of aryl methyl sites for hydroxylation is 2. The molecule has 0 atom stereocenters. The molecule has 0 amide bonds. The maximum Gasteiger partial charge on any atom is 0.153 e. The first kappa shape index (κ1) is 11.8. The van der Waals surface area contributed by atoms with Crippen LogP contribution in [0.4, 0.5) is 0 Å². The fourth-order valence-electron chi connectivity index (χ4n) is 1.78. The largest absolute Gasteiger partial charge is 0.313 e. The van der Waals surface area contributed by atoms with Gasteiger partial charge in [0.05, 0.1) is 5.69 Å². The van der Waals surface area contributed by atoms with Gasteiger partial charge in [0.2, 0.25) is 0 Å². The summed E-state index contributed by atoms with van der Waals surface area (Å²) < 4.78 is 1.87. The molecule has 2 heterocycles. The second kappa shape index (κ2) is 5.10. The van der Waals surface area contributed by atoms with Crippen LogP contribution in [0, 0.1) is 13.8 Å². The summed E-state index contributed by atoms with van der Waals surface area (Å²) in [7, 11) is 0. The summed E-state index contributed by atoms with van der Waals surface area (Å²) in [5.41, 5.74) is 3.31. The number of pyridine rings is 1. The van der Waals surface area contributed by atoms with Crippen molar-refractivity contribution in [2.45, 2.75) is 27.3 Å². The number of nitrogens with one attached hydrogen (secondary N) is 1. The van der Waals surface area contributed by atoms with Gasteiger partial charge in [0.1, 0.15) is 0 Å². The Hall–Kier alpha value is -1.68. The molecule has 4 nitrogen and oxygen atoms in total. The second-order valence-corrected chi connectivity index (χ2v) is 4.14. The van der Waals surface area contributed by atoms with Gasteiger partial charge in [-0.15, -0.1) is 0 Å². The lowest BCUT2D eigenvalue weighted by Crippen LogP contribution is -2.12. The van der Waals surface area contributed by atoms with Crippen LogP contribution in [0.1, 0.15) is 23.9 Å². The van der Waals surface area contributed by atoms with Crippen molar-refractivity contribution in [1.29, 1.82) is 0 Å². The molecule has 0 spiro atoms. The van der Waals surface area contributed by atoms with Gasteiger partial charge >= 0.3 is 0 Å². The fourth-order valence-corrected chi connectivity index (χ4v) is 1.78. The molecule has 0 saturated heterocycles. The van der Waals surface area contributed by atoms with E-state index >= 15 is 0 Å². The van der Waals surface area contributed by atoms with Crippen LogP contribution in [0.3, 0.4) is 0 Å². The molecule has 2 aromatic heterocycles. The van der Waals surface area contributed by atoms with Gasteiger partial charge in [-0.3, -0.25) is 0 Å². The maximum absolute atomic E-state index is 4.44. The minimum Gasteiger partial charge on any atom is -0.313 e. The molecule has 17 heavy (non-hydrogen) atoms. The summed E-state index contributed by atoms with van der Waals surface area (Å²) in [6.45, 7) is 7.95. The Kier molecular flexibility index (Phi) is 3.54. The minimum absolute atomic E-state index is 0.862. The molecule has 0 aliphatic heterocycles. The Morgan fingerprint density at radius 1 is 1.29 bits per heavy atom. The summed E-state index contributed by atoms with van der Waals surface area (Å²) in [4.78, 5) is 4.44. The monoisotopic (exact) mass is 230 g/mol. The van der Waals surface area contributed by atoms with E-state index in [1.54, 1.807) is 0 Å². The van der Waals surface area contributed by atoms with E-state index in [0.29, 0.717) is 0 Å². The molecule has 2 rings (SSSR count). The molecule has 2 aromatic rings. The molecular weight excluding hydrogens is 212 g/mol. The van der Waals surface area contributed by atoms with E-state index in [2.05, 4.69) is 28.4 Å². The van der Waals surface area contributed by atoms with Gasteiger partial charge in [0.25, 0.3) is 0 Å². The molecule has 0 bridgehead atoms. The molecule has 0 saturated carbocycles. The first-order valence-electron chi connectivity index (χ1n) is 5.90. The molecule has 4 heteroatoms. The van der Waals surface area contributed by atoms with Crippen LogP contribution in [-0.4, -0.2) is 21.3 Å². The van der Waals surface area contributed by atoms with Crippen molar-refractivity contribution in [3.63, 3.8) is 0 Å². The normalized spacial score (nSPS) is 10.8. The predicted octanol–water partition coefficient (Wildman–Crippen LogP) is 1.99. The van der Waals surface area contributed by atoms with Gasteiger partial charge in [-0.05, 0) is 38.1 Å². The summed E-state index contributed by atoms with van der Waals surface area (Å²) in [6.07, 6.45) is 1.90. The van der Waals surface area contributed by atoms with Crippen LogP contribution < -0.4 is 5.32 Å². The molecule has 0 aromatic carbocycles. The third-order valence-corrected chi connectivity index (χ3v) is 2.61. The molecule has 0 aliphatic rings. The van der Waals surface area contributed by atoms with Crippen LogP contribution in [-0.2, 0) is 6.54 Å². The highest BCUT2D eigenvalue weighted by Gasteiger charge is 2.04. The van der Waals surface area contributed by atoms with Crippen molar-refractivity contribution in [1.82, 2.24) is 20.1 Å². The second-order valence-electron chi connectivity index (χ2n) is 4.14. The standard InChI is InChI=1S/C13H18N4/c1-4-14-8-12-5-6-13(15-9-12)17-11(3)7-10(2)16-17/h5-7,9,14H,4,8H2,1-3H3. The lowest BCUT2D eigenvalue weighted by Gasteiger charge is -2.05. The number of aromatic nitrogens is 3. The zero-order valence-corrected chi connectivity index (χ0v) is 10.6. The zero-order valence-electron chi connectivity index (χ0n) is 10.6. The number of nitrogens with zero attached hydrogens (tertiary/aromatic N) is 3.